The summed E-state index contributed by atoms with van der Waals surface area (Å²) < 4.78 is 17.0. The lowest BCUT2D eigenvalue weighted by molar-refractivity contribution is 0.258. The SMILES string of the molecule is COc1ccc(-c2nc(CN(C)Cc3nc(-c4ccncc4)no3)c(C)o2)c2ccccc12. The van der Waals surface area contributed by atoms with Gasteiger partial charge in [-0.05, 0) is 43.6 Å². The number of fused-ring (bicyclic) bond motifs is 1. The molecule has 0 unspecified atom stereocenters. The smallest absolute Gasteiger partial charge is 0.241 e. The Balaban J connectivity index is 1.35. The normalized spacial score (nSPS) is 11.4. The van der Waals surface area contributed by atoms with Crippen molar-refractivity contribution in [2.24, 2.45) is 0 Å². The molecule has 0 amide bonds. The van der Waals surface area contributed by atoms with Gasteiger partial charge < -0.3 is 13.7 Å². The van der Waals surface area contributed by atoms with Gasteiger partial charge in [0.2, 0.25) is 17.6 Å². The standard InChI is InChI=1S/C25H23N5O3/c1-16-21(14-30(2)15-23-28-24(29-33-23)17-10-12-26-13-11-17)27-25(32-16)20-8-9-22(31-3)19-7-5-4-6-18(19)20/h4-13H,14-15H2,1-3H3. The number of rotatable bonds is 7. The van der Waals surface area contributed by atoms with Crippen LogP contribution in [0, 0.1) is 6.92 Å². The molecule has 3 heterocycles. The zero-order valence-electron chi connectivity index (χ0n) is 18.6. The van der Waals surface area contributed by atoms with Crippen molar-refractivity contribution in [3.05, 3.63) is 78.3 Å². The molecular weight excluding hydrogens is 418 g/mol. The lowest BCUT2D eigenvalue weighted by Gasteiger charge is -2.12. The Morgan fingerprint density at radius 2 is 1.73 bits per heavy atom. The van der Waals surface area contributed by atoms with E-state index in [1.165, 1.54) is 0 Å². The number of ether oxygens (including phenoxy) is 1. The minimum absolute atomic E-state index is 0.491. The summed E-state index contributed by atoms with van der Waals surface area (Å²) in [6, 6.07) is 15.7. The van der Waals surface area contributed by atoms with Crippen molar-refractivity contribution in [2.75, 3.05) is 14.2 Å². The van der Waals surface area contributed by atoms with E-state index >= 15 is 0 Å². The Labute approximate surface area is 190 Å². The van der Waals surface area contributed by atoms with Crippen LogP contribution >= 0.6 is 0 Å². The molecule has 33 heavy (non-hydrogen) atoms. The van der Waals surface area contributed by atoms with Gasteiger partial charge in [0.25, 0.3) is 0 Å². The van der Waals surface area contributed by atoms with E-state index in [9.17, 15) is 0 Å². The first-order chi connectivity index (χ1) is 16.1. The van der Waals surface area contributed by atoms with Gasteiger partial charge in [0.1, 0.15) is 11.5 Å². The molecule has 0 saturated carbocycles. The van der Waals surface area contributed by atoms with E-state index in [1.807, 2.05) is 56.4 Å². The third kappa shape index (κ3) is 4.20. The van der Waals surface area contributed by atoms with Gasteiger partial charge in [-0.2, -0.15) is 4.98 Å². The summed E-state index contributed by atoms with van der Waals surface area (Å²) in [4.78, 5) is 15.4. The predicted molar refractivity (Wildman–Crippen MR) is 123 cm³/mol. The van der Waals surface area contributed by atoms with Crippen molar-refractivity contribution < 1.29 is 13.7 Å². The van der Waals surface area contributed by atoms with Crippen molar-refractivity contribution in [1.82, 2.24) is 25.0 Å². The number of nitrogens with zero attached hydrogens (tertiary/aromatic N) is 5. The first kappa shape index (κ1) is 20.8. The minimum atomic E-state index is 0.491. The maximum Gasteiger partial charge on any atom is 0.241 e. The van der Waals surface area contributed by atoms with Gasteiger partial charge in [-0.1, -0.05) is 29.4 Å². The van der Waals surface area contributed by atoms with E-state index in [4.69, 9.17) is 18.7 Å². The van der Waals surface area contributed by atoms with E-state index in [0.29, 0.717) is 30.7 Å². The van der Waals surface area contributed by atoms with Gasteiger partial charge in [0.15, 0.2) is 0 Å². The maximum atomic E-state index is 6.06. The monoisotopic (exact) mass is 441 g/mol. The fourth-order valence-corrected chi connectivity index (χ4v) is 3.81. The third-order valence-electron chi connectivity index (χ3n) is 5.46. The number of hydrogen-bond acceptors (Lipinski definition) is 8. The van der Waals surface area contributed by atoms with Crippen LogP contribution in [0.1, 0.15) is 17.3 Å². The van der Waals surface area contributed by atoms with Crippen LogP contribution in [0.25, 0.3) is 33.6 Å². The van der Waals surface area contributed by atoms with E-state index in [2.05, 4.69) is 26.1 Å². The molecule has 0 aliphatic carbocycles. The molecule has 0 N–H and O–H groups in total. The number of methoxy groups -OCH3 is 1. The second-order valence-corrected chi connectivity index (χ2v) is 7.80. The molecule has 3 aromatic heterocycles. The van der Waals surface area contributed by atoms with Gasteiger partial charge >= 0.3 is 0 Å². The summed E-state index contributed by atoms with van der Waals surface area (Å²) in [5, 5.41) is 6.12. The molecule has 166 valence electrons. The van der Waals surface area contributed by atoms with Crippen molar-refractivity contribution in [2.45, 2.75) is 20.0 Å². The van der Waals surface area contributed by atoms with Crippen molar-refractivity contribution >= 4 is 10.8 Å². The average Bonchev–Trinajstić information content (AvgIpc) is 3.45. The molecular formula is C25H23N5O3. The summed E-state index contributed by atoms with van der Waals surface area (Å²) in [6.45, 7) is 3.00. The zero-order valence-corrected chi connectivity index (χ0v) is 18.6. The quantitative estimate of drug-likeness (QED) is 0.353. The molecule has 0 saturated heterocycles. The summed E-state index contributed by atoms with van der Waals surface area (Å²) >= 11 is 0. The van der Waals surface area contributed by atoms with Crippen molar-refractivity contribution in [3.63, 3.8) is 0 Å². The summed E-state index contributed by atoms with van der Waals surface area (Å²) in [5.74, 6) is 3.27. The number of oxazole rings is 1. The van der Waals surface area contributed by atoms with Gasteiger partial charge in [-0.25, -0.2) is 4.98 Å². The van der Waals surface area contributed by atoms with Crippen LogP contribution in [0.3, 0.4) is 0 Å². The highest BCUT2D eigenvalue weighted by molar-refractivity contribution is 5.98. The van der Waals surface area contributed by atoms with E-state index < -0.39 is 0 Å². The molecule has 0 spiro atoms. The number of aryl methyl sites for hydroxylation is 1. The molecule has 5 rings (SSSR count). The molecule has 2 aromatic carbocycles. The molecule has 0 atom stereocenters. The number of benzene rings is 2. The minimum Gasteiger partial charge on any atom is -0.496 e. The first-order valence-electron chi connectivity index (χ1n) is 10.6. The van der Waals surface area contributed by atoms with Gasteiger partial charge in [0, 0.05) is 35.5 Å². The Bertz CT molecular complexity index is 1390. The fourth-order valence-electron chi connectivity index (χ4n) is 3.81. The van der Waals surface area contributed by atoms with Crippen LogP contribution in [-0.2, 0) is 13.1 Å². The van der Waals surface area contributed by atoms with Crippen LogP contribution in [0.2, 0.25) is 0 Å². The largest absolute Gasteiger partial charge is 0.496 e. The van der Waals surface area contributed by atoms with Crippen LogP contribution in [0.5, 0.6) is 5.75 Å². The van der Waals surface area contributed by atoms with Gasteiger partial charge in [-0.3, -0.25) is 9.88 Å². The van der Waals surface area contributed by atoms with Crippen LogP contribution < -0.4 is 4.74 Å². The highest BCUT2D eigenvalue weighted by Crippen LogP contribution is 2.34. The van der Waals surface area contributed by atoms with Crippen LogP contribution in [-0.4, -0.2) is 39.2 Å². The molecule has 0 aliphatic heterocycles. The van der Waals surface area contributed by atoms with Crippen LogP contribution in [0.4, 0.5) is 0 Å². The lowest BCUT2D eigenvalue weighted by atomic mass is 10.0. The topological polar surface area (TPSA) is 90.3 Å². The third-order valence-corrected chi connectivity index (χ3v) is 5.46. The van der Waals surface area contributed by atoms with Crippen molar-refractivity contribution in [1.29, 1.82) is 0 Å². The molecule has 0 fully saturated rings. The van der Waals surface area contributed by atoms with Gasteiger partial charge in [-0.15, -0.1) is 0 Å². The highest BCUT2D eigenvalue weighted by Gasteiger charge is 2.18. The molecule has 8 nitrogen and oxygen atoms in total. The van der Waals surface area contributed by atoms with Gasteiger partial charge in [0.05, 0.1) is 19.3 Å². The average molecular weight is 441 g/mol. The Morgan fingerprint density at radius 1 is 0.939 bits per heavy atom. The number of pyridine rings is 1. The van der Waals surface area contributed by atoms with E-state index in [-0.39, 0.29) is 0 Å². The molecule has 0 aliphatic rings. The second kappa shape index (κ2) is 8.84. The predicted octanol–water partition coefficient (Wildman–Crippen LogP) is 4.89. The van der Waals surface area contributed by atoms with Crippen LogP contribution in [0.15, 0.2) is 69.9 Å². The van der Waals surface area contributed by atoms with E-state index in [1.54, 1.807) is 19.5 Å². The number of aromatic nitrogens is 4. The maximum absolute atomic E-state index is 6.06. The molecule has 8 heteroatoms. The summed E-state index contributed by atoms with van der Waals surface area (Å²) in [6.07, 6.45) is 3.41. The molecule has 5 aromatic rings. The Kier molecular flexibility index (Phi) is 5.58. The van der Waals surface area contributed by atoms with E-state index in [0.717, 1.165) is 39.1 Å². The highest BCUT2D eigenvalue weighted by atomic mass is 16.5. The zero-order chi connectivity index (χ0) is 22.8. The second-order valence-electron chi connectivity index (χ2n) is 7.80. The summed E-state index contributed by atoms with van der Waals surface area (Å²) in [7, 11) is 3.65. The number of hydrogen-bond donors (Lipinski definition) is 0. The fraction of sp³-hybridized carbons (Fsp3) is 0.200. The van der Waals surface area contributed by atoms with Crippen molar-refractivity contribution in [3.8, 4) is 28.6 Å². The lowest BCUT2D eigenvalue weighted by Crippen LogP contribution is -2.18. The summed E-state index contributed by atoms with van der Waals surface area (Å²) in [5.41, 5.74) is 2.66. The Morgan fingerprint density at radius 3 is 2.52 bits per heavy atom. The Hall–Kier alpha value is -4.04. The molecule has 0 radical (unpaired) electrons. The first-order valence-corrected chi connectivity index (χ1v) is 10.6. The molecule has 0 bridgehead atoms.